The van der Waals surface area contributed by atoms with Gasteiger partial charge in [0.05, 0.1) is 17.7 Å². The molecule has 1 N–H and O–H groups in total. The number of likely N-dealkylation sites (tertiary alicyclic amines) is 1. The molecule has 2 saturated heterocycles. The highest BCUT2D eigenvalue weighted by atomic mass is 35.5. The highest BCUT2D eigenvalue weighted by Crippen LogP contribution is 2.42. The highest BCUT2D eigenvalue weighted by Gasteiger charge is 2.32. The molecule has 1 atom stereocenters. The Morgan fingerprint density at radius 3 is 2.96 bits per heavy atom. The van der Waals surface area contributed by atoms with Crippen LogP contribution in [0.2, 0.25) is 0 Å². The quantitative estimate of drug-likeness (QED) is 0.894. The van der Waals surface area contributed by atoms with Crippen LogP contribution in [-0.2, 0) is 11.3 Å². The average Bonchev–Trinajstić information content (AvgIpc) is 3.28. The number of piperidine rings is 1. The third-order valence-corrected chi connectivity index (χ3v) is 5.88. The van der Waals surface area contributed by atoms with E-state index >= 15 is 0 Å². The van der Waals surface area contributed by atoms with Crippen LogP contribution in [0, 0.1) is 0 Å². The number of hydrogen-bond donors (Lipinski definition) is 1. The maximum absolute atomic E-state index is 12.1. The normalized spacial score (nSPS) is 26.2. The van der Waals surface area contributed by atoms with Crippen molar-refractivity contribution in [1.29, 1.82) is 0 Å². The molecule has 0 spiro atoms. The molecule has 0 radical (unpaired) electrons. The van der Waals surface area contributed by atoms with Gasteiger partial charge in [-0.25, -0.2) is 4.98 Å². The minimum absolute atomic E-state index is 0. The Bertz CT molecular complexity index is 548. The Labute approximate surface area is 147 Å². The summed E-state index contributed by atoms with van der Waals surface area (Å²) in [5.74, 6) is 1.01. The molecule has 23 heavy (non-hydrogen) atoms. The predicted molar refractivity (Wildman–Crippen MR) is 94.2 cm³/mol. The summed E-state index contributed by atoms with van der Waals surface area (Å²) in [6, 6.07) is 0.403. The monoisotopic (exact) mass is 356 g/mol. The van der Waals surface area contributed by atoms with Crippen molar-refractivity contribution in [2.45, 2.75) is 44.2 Å². The molecular formula is C16H25ClN4OS. The lowest BCUT2D eigenvalue weighted by Gasteiger charge is -2.41. The Morgan fingerprint density at radius 1 is 1.30 bits per heavy atom. The summed E-state index contributed by atoms with van der Waals surface area (Å²) in [6.07, 6.45) is 4.98. The average molecular weight is 357 g/mol. The number of carbonyl (C=O) groups is 1. The standard InChI is InChI=1S/C16H24N4OS.ClH/c21-15-8-17-5-7-20(15)13-2-1-6-19(9-13)10-14-16(12-3-4-12)18-11-22-14;/h11-13,17H,1-10H2;1H. The van der Waals surface area contributed by atoms with E-state index in [4.69, 9.17) is 0 Å². The third kappa shape index (κ3) is 3.87. The molecule has 3 aliphatic rings. The molecule has 0 bridgehead atoms. The zero-order chi connectivity index (χ0) is 14.9. The summed E-state index contributed by atoms with van der Waals surface area (Å²) in [5, 5.41) is 3.17. The van der Waals surface area contributed by atoms with Crippen molar-refractivity contribution in [1.82, 2.24) is 20.1 Å². The van der Waals surface area contributed by atoms with Gasteiger partial charge < -0.3 is 10.2 Å². The Balaban J connectivity index is 0.00000156. The number of thiazole rings is 1. The minimum Gasteiger partial charge on any atom is -0.336 e. The first-order valence-electron chi connectivity index (χ1n) is 8.46. The molecule has 1 aromatic heterocycles. The van der Waals surface area contributed by atoms with Crippen LogP contribution in [-0.4, -0.2) is 59.5 Å². The molecule has 3 heterocycles. The molecule has 1 aromatic rings. The molecule has 2 aliphatic heterocycles. The number of halogens is 1. The van der Waals surface area contributed by atoms with Gasteiger partial charge in [0.15, 0.2) is 0 Å². The summed E-state index contributed by atoms with van der Waals surface area (Å²) in [7, 11) is 0. The summed E-state index contributed by atoms with van der Waals surface area (Å²) in [4.78, 5) is 22.8. The third-order valence-electron chi connectivity index (χ3n) is 5.05. The molecule has 5 nitrogen and oxygen atoms in total. The zero-order valence-corrected chi connectivity index (χ0v) is 15.0. The van der Waals surface area contributed by atoms with E-state index in [9.17, 15) is 4.79 Å². The summed E-state index contributed by atoms with van der Waals surface area (Å²) >= 11 is 1.81. The highest BCUT2D eigenvalue weighted by molar-refractivity contribution is 7.09. The smallest absolute Gasteiger partial charge is 0.236 e. The predicted octanol–water partition coefficient (Wildman–Crippen LogP) is 1.84. The second kappa shape index (κ2) is 7.47. The van der Waals surface area contributed by atoms with Crippen LogP contribution in [0.5, 0.6) is 0 Å². The number of nitrogens with one attached hydrogen (secondary N) is 1. The number of piperazine rings is 1. The minimum atomic E-state index is 0. The first kappa shape index (κ1) is 17.1. The van der Waals surface area contributed by atoms with Gasteiger partial charge in [0, 0.05) is 43.0 Å². The van der Waals surface area contributed by atoms with Gasteiger partial charge in [-0.1, -0.05) is 0 Å². The van der Waals surface area contributed by atoms with Crippen LogP contribution in [0.3, 0.4) is 0 Å². The number of amides is 1. The lowest BCUT2D eigenvalue weighted by atomic mass is 10.0. The van der Waals surface area contributed by atoms with Gasteiger partial charge in [-0.15, -0.1) is 23.7 Å². The first-order valence-corrected chi connectivity index (χ1v) is 9.34. The summed E-state index contributed by atoms with van der Waals surface area (Å²) in [6.45, 7) is 5.51. The van der Waals surface area contributed by atoms with Crippen molar-refractivity contribution >= 4 is 29.7 Å². The second-order valence-electron chi connectivity index (χ2n) is 6.73. The lowest BCUT2D eigenvalue weighted by Crippen LogP contribution is -2.56. The fraction of sp³-hybridized carbons (Fsp3) is 0.750. The van der Waals surface area contributed by atoms with E-state index < -0.39 is 0 Å². The molecule has 7 heteroatoms. The molecule has 1 unspecified atom stereocenters. The van der Waals surface area contributed by atoms with Crippen LogP contribution in [0.4, 0.5) is 0 Å². The molecule has 3 fully saturated rings. The number of rotatable bonds is 4. The number of aromatic nitrogens is 1. The maximum Gasteiger partial charge on any atom is 0.236 e. The van der Waals surface area contributed by atoms with E-state index in [1.54, 1.807) is 11.3 Å². The fourth-order valence-electron chi connectivity index (χ4n) is 3.73. The molecule has 128 valence electrons. The van der Waals surface area contributed by atoms with E-state index in [-0.39, 0.29) is 18.3 Å². The van der Waals surface area contributed by atoms with Crippen LogP contribution in [0.15, 0.2) is 5.51 Å². The van der Waals surface area contributed by atoms with Gasteiger partial charge in [-0.2, -0.15) is 0 Å². The SMILES string of the molecule is Cl.O=C1CNCCN1C1CCCN(Cc2scnc2C2CC2)C1. The van der Waals surface area contributed by atoms with E-state index in [1.807, 2.05) is 5.51 Å². The van der Waals surface area contributed by atoms with Gasteiger partial charge in [-0.3, -0.25) is 9.69 Å². The van der Waals surface area contributed by atoms with Crippen LogP contribution in [0.1, 0.15) is 42.2 Å². The molecule has 0 aromatic carbocycles. The van der Waals surface area contributed by atoms with Crippen molar-refractivity contribution in [3.63, 3.8) is 0 Å². The van der Waals surface area contributed by atoms with Crippen LogP contribution < -0.4 is 5.32 Å². The molecular weight excluding hydrogens is 332 g/mol. The summed E-state index contributed by atoms with van der Waals surface area (Å²) in [5.41, 5.74) is 3.36. The van der Waals surface area contributed by atoms with E-state index in [1.165, 1.54) is 29.8 Å². The Kier molecular flexibility index (Phi) is 5.57. The largest absolute Gasteiger partial charge is 0.336 e. The van der Waals surface area contributed by atoms with Crippen molar-refractivity contribution in [3.05, 3.63) is 16.1 Å². The van der Waals surface area contributed by atoms with Gasteiger partial charge in [0.25, 0.3) is 0 Å². The van der Waals surface area contributed by atoms with Gasteiger partial charge in [0.2, 0.25) is 5.91 Å². The first-order chi connectivity index (χ1) is 10.8. The maximum atomic E-state index is 12.1. The van der Waals surface area contributed by atoms with Crippen LogP contribution in [0.25, 0.3) is 0 Å². The van der Waals surface area contributed by atoms with Crippen LogP contribution >= 0.6 is 23.7 Å². The summed E-state index contributed by atoms with van der Waals surface area (Å²) < 4.78 is 0. The van der Waals surface area contributed by atoms with Crippen molar-refractivity contribution < 1.29 is 4.79 Å². The number of hydrogen-bond acceptors (Lipinski definition) is 5. The van der Waals surface area contributed by atoms with E-state index in [2.05, 4.69) is 20.1 Å². The second-order valence-corrected chi connectivity index (χ2v) is 7.67. The van der Waals surface area contributed by atoms with Crippen molar-refractivity contribution in [3.8, 4) is 0 Å². The topological polar surface area (TPSA) is 48.5 Å². The number of carbonyl (C=O) groups excluding carboxylic acids is 1. The Hall–Kier alpha value is -0.690. The molecule has 1 aliphatic carbocycles. The molecule has 1 amide bonds. The molecule has 4 rings (SSSR count). The Morgan fingerprint density at radius 2 is 2.17 bits per heavy atom. The molecule has 1 saturated carbocycles. The van der Waals surface area contributed by atoms with Gasteiger partial charge >= 0.3 is 0 Å². The van der Waals surface area contributed by atoms with E-state index in [0.717, 1.165) is 45.1 Å². The van der Waals surface area contributed by atoms with Gasteiger partial charge in [-0.05, 0) is 32.2 Å². The lowest BCUT2D eigenvalue weighted by molar-refractivity contribution is -0.135. The van der Waals surface area contributed by atoms with Crippen molar-refractivity contribution in [2.24, 2.45) is 0 Å². The zero-order valence-electron chi connectivity index (χ0n) is 13.4. The van der Waals surface area contributed by atoms with Gasteiger partial charge in [0.1, 0.15) is 0 Å². The number of nitrogens with zero attached hydrogens (tertiary/aromatic N) is 3. The van der Waals surface area contributed by atoms with Crippen molar-refractivity contribution in [2.75, 3.05) is 32.7 Å². The fourth-order valence-corrected chi connectivity index (χ4v) is 4.62. The van der Waals surface area contributed by atoms with E-state index in [0.29, 0.717) is 12.6 Å².